The predicted molar refractivity (Wildman–Crippen MR) is 179 cm³/mol. The maximum atomic E-state index is 14.0. The molecule has 4 amide bonds. The normalized spacial score (nSPS) is 15.4. The molecule has 0 radical (unpaired) electrons. The molecule has 53 heavy (non-hydrogen) atoms. The number of carbonyl (C=O) groups is 4. The van der Waals surface area contributed by atoms with Crippen LogP contribution in [-0.4, -0.2) is 112 Å². The Morgan fingerprint density at radius 2 is 1.64 bits per heavy atom. The number of piperazine rings is 1. The lowest BCUT2D eigenvalue weighted by atomic mass is 9.94. The van der Waals surface area contributed by atoms with E-state index in [1.165, 1.54) is 30.1 Å². The van der Waals surface area contributed by atoms with Crippen molar-refractivity contribution in [3.8, 4) is 17.1 Å². The number of imidazole rings is 1. The van der Waals surface area contributed by atoms with Crippen molar-refractivity contribution in [3.63, 3.8) is 0 Å². The number of nitrogens with zero attached hydrogens (tertiary/aromatic N) is 9. The summed E-state index contributed by atoms with van der Waals surface area (Å²) in [5.41, 5.74) is -1.85. The Balaban J connectivity index is 1.10. The van der Waals surface area contributed by atoms with Crippen molar-refractivity contribution in [3.05, 3.63) is 81.1 Å². The van der Waals surface area contributed by atoms with Crippen molar-refractivity contribution in [1.29, 1.82) is 0 Å². The maximum absolute atomic E-state index is 14.0. The van der Waals surface area contributed by atoms with Gasteiger partial charge in [0.15, 0.2) is 17.3 Å². The number of pyridine rings is 1. The van der Waals surface area contributed by atoms with Crippen molar-refractivity contribution < 1.29 is 42.4 Å². The van der Waals surface area contributed by atoms with Gasteiger partial charge in [0.05, 0.1) is 33.0 Å². The van der Waals surface area contributed by atoms with Crippen LogP contribution in [-0.2, 0) is 18.0 Å². The molecule has 3 aromatic heterocycles. The fourth-order valence-electron chi connectivity index (χ4n) is 6.21. The number of aromatic nitrogens is 5. The summed E-state index contributed by atoms with van der Waals surface area (Å²) in [5.74, 6) is -1.88. The van der Waals surface area contributed by atoms with Crippen LogP contribution in [0.4, 0.5) is 29.3 Å². The van der Waals surface area contributed by atoms with E-state index in [4.69, 9.17) is 16.7 Å². The lowest BCUT2D eigenvalue weighted by Gasteiger charge is -2.37. The number of nitrogens with one attached hydrogen (secondary N) is 1. The molecule has 4 aromatic rings. The third kappa shape index (κ3) is 7.62. The molecule has 0 spiro atoms. The lowest BCUT2D eigenvalue weighted by Crippen LogP contribution is -2.53. The van der Waals surface area contributed by atoms with Crippen LogP contribution < -0.4 is 5.32 Å². The van der Waals surface area contributed by atoms with E-state index in [0.717, 1.165) is 40.0 Å². The standard InChI is InChI=1S/C32H30ClF3N10O7/c1-41-24(22-17-45(40-26(22)32(34,35)36)25-5-3-20(15-37-25)46(52)53)16-38-27(41)28(47)39-19-2-4-21(23(33)14-19)30(49)42-8-6-18(7-9-42)29(48)43-10-12-44(13-11-43)31(50)51/h2-5,14-18H,6-13H2,1H3,(H,39,47)(H,50,51). The van der Waals surface area contributed by atoms with Gasteiger partial charge in [-0.05, 0) is 37.1 Å². The molecule has 1 aromatic carbocycles. The maximum Gasteiger partial charge on any atom is 0.435 e. The van der Waals surface area contributed by atoms with Crippen LogP contribution in [0.15, 0.2) is 48.9 Å². The number of hydrogen-bond donors (Lipinski definition) is 2. The topological polar surface area (TPSA) is 202 Å². The SMILES string of the molecule is Cn1c(-c2cn(-c3ccc([N+](=O)[O-])cn3)nc2C(F)(F)F)cnc1C(=O)Nc1ccc(C(=O)N2CCC(C(=O)N3CCN(C(=O)O)CC3)CC2)c(Cl)c1. The number of likely N-dealkylation sites (tertiary alicyclic amines) is 1. The summed E-state index contributed by atoms with van der Waals surface area (Å²) in [7, 11) is 1.34. The molecule has 0 atom stereocenters. The number of hydrogen-bond acceptors (Lipinski definition) is 9. The van der Waals surface area contributed by atoms with E-state index in [1.807, 2.05) is 0 Å². The first-order chi connectivity index (χ1) is 25.1. The van der Waals surface area contributed by atoms with Crippen molar-refractivity contribution in [2.45, 2.75) is 19.0 Å². The zero-order chi connectivity index (χ0) is 38.2. The fraction of sp³-hybridized carbons (Fsp3) is 0.344. The Kier molecular flexibility index (Phi) is 10.1. The molecular formula is C32H30ClF3N10O7. The Labute approximate surface area is 302 Å². The first-order valence-corrected chi connectivity index (χ1v) is 16.5. The van der Waals surface area contributed by atoms with E-state index in [2.05, 4.69) is 20.4 Å². The van der Waals surface area contributed by atoms with Gasteiger partial charge >= 0.3 is 12.3 Å². The van der Waals surface area contributed by atoms with Crippen LogP contribution in [0.3, 0.4) is 0 Å². The lowest BCUT2D eigenvalue weighted by molar-refractivity contribution is -0.385. The van der Waals surface area contributed by atoms with Crippen LogP contribution >= 0.6 is 11.6 Å². The Hall–Kier alpha value is -6.05. The molecule has 5 heterocycles. The third-order valence-electron chi connectivity index (χ3n) is 9.08. The monoisotopic (exact) mass is 758 g/mol. The smallest absolute Gasteiger partial charge is 0.435 e. The van der Waals surface area contributed by atoms with Gasteiger partial charge < -0.3 is 29.7 Å². The molecule has 21 heteroatoms. The molecule has 2 aliphatic rings. The van der Waals surface area contributed by atoms with Gasteiger partial charge in [-0.25, -0.2) is 19.4 Å². The molecule has 2 N–H and O–H groups in total. The van der Waals surface area contributed by atoms with Gasteiger partial charge in [-0.15, -0.1) is 0 Å². The van der Waals surface area contributed by atoms with E-state index in [-0.39, 0.29) is 70.1 Å². The van der Waals surface area contributed by atoms with E-state index in [1.54, 1.807) is 9.80 Å². The Morgan fingerprint density at radius 3 is 2.23 bits per heavy atom. The number of carboxylic acid groups (broad SMARTS) is 1. The summed E-state index contributed by atoms with van der Waals surface area (Å²) in [6, 6.07) is 6.44. The summed E-state index contributed by atoms with van der Waals surface area (Å²) in [5, 5.41) is 26.3. The molecule has 0 aliphatic carbocycles. The number of halogens is 4. The van der Waals surface area contributed by atoms with Gasteiger partial charge in [0.2, 0.25) is 5.91 Å². The molecule has 0 unspecified atom stereocenters. The minimum Gasteiger partial charge on any atom is -0.465 e. The zero-order valence-electron chi connectivity index (χ0n) is 27.8. The molecule has 17 nitrogen and oxygen atoms in total. The summed E-state index contributed by atoms with van der Waals surface area (Å²) >= 11 is 6.46. The predicted octanol–water partition coefficient (Wildman–Crippen LogP) is 4.17. The van der Waals surface area contributed by atoms with Crippen molar-refractivity contribution >= 4 is 46.8 Å². The molecule has 2 saturated heterocycles. The van der Waals surface area contributed by atoms with Gasteiger partial charge in [0.25, 0.3) is 17.5 Å². The van der Waals surface area contributed by atoms with E-state index in [9.17, 15) is 42.5 Å². The summed E-state index contributed by atoms with van der Waals surface area (Å²) in [6.07, 6.45) is -2.10. The number of carbonyl (C=O) groups excluding carboxylic acids is 3. The molecule has 2 fully saturated rings. The van der Waals surface area contributed by atoms with Crippen molar-refractivity contribution in [2.24, 2.45) is 13.0 Å². The average Bonchev–Trinajstić information content (AvgIpc) is 3.75. The van der Waals surface area contributed by atoms with Crippen LogP contribution in [0.5, 0.6) is 0 Å². The number of anilines is 1. The Morgan fingerprint density at radius 1 is 0.962 bits per heavy atom. The highest BCUT2D eigenvalue weighted by Crippen LogP contribution is 2.37. The number of amides is 4. The van der Waals surface area contributed by atoms with E-state index in [0.29, 0.717) is 39.0 Å². The van der Waals surface area contributed by atoms with Crippen LogP contribution in [0.1, 0.15) is 39.5 Å². The van der Waals surface area contributed by atoms with Gasteiger partial charge in [-0.1, -0.05) is 11.6 Å². The largest absolute Gasteiger partial charge is 0.465 e. The van der Waals surface area contributed by atoms with E-state index >= 15 is 0 Å². The number of benzene rings is 1. The van der Waals surface area contributed by atoms with Gasteiger partial charge in [0, 0.05) is 70.2 Å². The van der Waals surface area contributed by atoms with Crippen molar-refractivity contribution in [2.75, 3.05) is 44.6 Å². The number of rotatable bonds is 7. The molecule has 278 valence electrons. The first-order valence-electron chi connectivity index (χ1n) is 16.1. The summed E-state index contributed by atoms with van der Waals surface area (Å²) < 4.78 is 44.1. The first kappa shape index (κ1) is 36.7. The van der Waals surface area contributed by atoms with Crippen LogP contribution in [0.2, 0.25) is 5.02 Å². The van der Waals surface area contributed by atoms with E-state index < -0.39 is 34.4 Å². The molecule has 6 rings (SSSR count). The second-order valence-electron chi connectivity index (χ2n) is 12.3. The van der Waals surface area contributed by atoms with Crippen molar-refractivity contribution in [1.82, 2.24) is 39.0 Å². The summed E-state index contributed by atoms with van der Waals surface area (Å²) in [6.45, 7) is 1.74. The molecular weight excluding hydrogens is 729 g/mol. The minimum atomic E-state index is -4.92. The Bertz CT molecular complexity index is 2090. The highest BCUT2D eigenvalue weighted by molar-refractivity contribution is 6.34. The highest BCUT2D eigenvalue weighted by atomic mass is 35.5. The van der Waals surface area contributed by atoms with Gasteiger partial charge in [-0.2, -0.15) is 18.3 Å². The number of nitro groups is 1. The quantitative estimate of drug-likeness (QED) is 0.203. The number of alkyl halides is 3. The second kappa shape index (κ2) is 14.5. The van der Waals surface area contributed by atoms with Crippen LogP contribution in [0, 0.1) is 16.0 Å². The summed E-state index contributed by atoms with van der Waals surface area (Å²) in [4.78, 5) is 73.3. The molecule has 0 saturated carbocycles. The molecule has 0 bridgehead atoms. The fourth-order valence-corrected chi connectivity index (χ4v) is 6.47. The minimum absolute atomic E-state index is 0.0323. The van der Waals surface area contributed by atoms with Crippen LogP contribution in [0.25, 0.3) is 17.1 Å². The van der Waals surface area contributed by atoms with Gasteiger partial charge in [0.1, 0.15) is 6.20 Å². The highest BCUT2D eigenvalue weighted by Gasteiger charge is 2.39. The third-order valence-corrected chi connectivity index (χ3v) is 9.39. The zero-order valence-corrected chi connectivity index (χ0v) is 28.5. The second-order valence-corrected chi connectivity index (χ2v) is 12.7. The number of piperidine rings is 1. The average molecular weight is 759 g/mol. The molecule has 2 aliphatic heterocycles. The van der Waals surface area contributed by atoms with Gasteiger partial charge in [-0.3, -0.25) is 24.5 Å².